The molecule has 0 N–H and O–H groups in total. The van der Waals surface area contributed by atoms with Gasteiger partial charge in [-0.2, -0.15) is 0 Å². The summed E-state index contributed by atoms with van der Waals surface area (Å²) in [6.45, 7) is 2.77. The lowest BCUT2D eigenvalue weighted by atomic mass is 9.97. The van der Waals surface area contributed by atoms with Crippen LogP contribution in [0.1, 0.15) is 17.3 Å². The summed E-state index contributed by atoms with van der Waals surface area (Å²) in [7, 11) is 3.98. The van der Waals surface area contributed by atoms with Gasteiger partial charge >= 0.3 is 0 Å². The standard InChI is InChI=1S/C16H19NO.CH3I/c1-12(11-17(2)3)16(18)15-9-8-13-6-4-5-7-14(13)10-15;1-2/h4-10,12H,11H2,1-3H3;1H3. The van der Waals surface area contributed by atoms with E-state index in [1.54, 1.807) is 0 Å². The summed E-state index contributed by atoms with van der Waals surface area (Å²) in [6, 6.07) is 14.1. The van der Waals surface area contributed by atoms with Gasteiger partial charge < -0.3 is 4.90 Å². The maximum atomic E-state index is 12.3. The van der Waals surface area contributed by atoms with Crippen molar-refractivity contribution in [2.75, 3.05) is 25.6 Å². The molecule has 108 valence electrons. The summed E-state index contributed by atoms with van der Waals surface area (Å²) in [5.74, 6) is 0.246. The zero-order valence-electron chi connectivity index (χ0n) is 12.6. The Morgan fingerprint density at radius 1 is 1.10 bits per heavy atom. The van der Waals surface area contributed by atoms with Crippen LogP contribution in [-0.2, 0) is 0 Å². The van der Waals surface area contributed by atoms with Crippen molar-refractivity contribution in [3.63, 3.8) is 0 Å². The number of halogens is 1. The SMILES string of the molecule is CC(CN(C)C)C(=O)c1ccc2ccccc2c1.CI. The third-order valence-electron chi connectivity index (χ3n) is 3.12. The van der Waals surface area contributed by atoms with Gasteiger partial charge in [-0.05, 0) is 35.9 Å². The third kappa shape index (κ3) is 4.56. The zero-order valence-corrected chi connectivity index (χ0v) is 14.7. The van der Waals surface area contributed by atoms with E-state index < -0.39 is 0 Å². The molecule has 0 amide bonds. The van der Waals surface area contributed by atoms with E-state index in [9.17, 15) is 4.79 Å². The number of ketones is 1. The molecular formula is C17H22INO. The highest BCUT2D eigenvalue weighted by Crippen LogP contribution is 2.18. The molecule has 0 saturated carbocycles. The number of alkyl halides is 1. The lowest BCUT2D eigenvalue weighted by Gasteiger charge is -2.16. The van der Waals surface area contributed by atoms with E-state index in [0.29, 0.717) is 0 Å². The molecule has 0 aromatic heterocycles. The van der Waals surface area contributed by atoms with Gasteiger partial charge in [0.1, 0.15) is 0 Å². The second-order valence-electron chi connectivity index (χ2n) is 5.09. The Labute approximate surface area is 135 Å². The molecule has 2 aromatic carbocycles. The van der Waals surface area contributed by atoms with Gasteiger partial charge in [-0.25, -0.2) is 0 Å². The van der Waals surface area contributed by atoms with E-state index in [1.165, 1.54) is 5.39 Å². The van der Waals surface area contributed by atoms with Crippen molar-refractivity contribution in [2.45, 2.75) is 6.92 Å². The van der Waals surface area contributed by atoms with E-state index in [2.05, 4.69) is 28.7 Å². The van der Waals surface area contributed by atoms with Gasteiger partial charge in [0.15, 0.2) is 5.78 Å². The van der Waals surface area contributed by atoms with Crippen LogP contribution >= 0.6 is 22.6 Å². The first-order valence-electron chi connectivity index (χ1n) is 6.63. The quantitative estimate of drug-likeness (QED) is 0.447. The average Bonchev–Trinajstić information content (AvgIpc) is 2.47. The van der Waals surface area contributed by atoms with Crippen LogP contribution in [0, 0.1) is 5.92 Å². The molecule has 2 aromatic rings. The number of Topliss-reactive ketones (excluding diaryl/α,β-unsaturated/α-hetero) is 1. The lowest BCUT2D eigenvalue weighted by Crippen LogP contribution is -2.25. The first-order chi connectivity index (χ1) is 9.58. The lowest BCUT2D eigenvalue weighted by molar-refractivity contribution is 0.0910. The Balaban J connectivity index is 0.000000956. The number of rotatable bonds is 4. The molecule has 0 aliphatic carbocycles. The van der Waals surface area contributed by atoms with Crippen LogP contribution in [0.2, 0.25) is 0 Å². The predicted octanol–water partition coefficient (Wildman–Crippen LogP) is 4.27. The number of nitrogens with zero attached hydrogens (tertiary/aromatic N) is 1. The summed E-state index contributed by atoms with van der Waals surface area (Å²) in [5, 5.41) is 2.30. The number of carbonyl (C=O) groups is 1. The van der Waals surface area contributed by atoms with Crippen molar-refractivity contribution in [3.05, 3.63) is 48.0 Å². The Morgan fingerprint density at radius 2 is 1.70 bits per heavy atom. The molecule has 20 heavy (non-hydrogen) atoms. The first-order valence-corrected chi connectivity index (χ1v) is 8.79. The van der Waals surface area contributed by atoms with E-state index in [4.69, 9.17) is 0 Å². The van der Waals surface area contributed by atoms with Gasteiger partial charge in [-0.1, -0.05) is 65.9 Å². The summed E-state index contributed by atoms with van der Waals surface area (Å²) in [4.78, 5) is 16.3. The molecule has 3 heteroatoms. The Kier molecular flexibility index (Phi) is 7.16. The molecule has 0 saturated heterocycles. The van der Waals surface area contributed by atoms with Gasteiger partial charge in [-0.15, -0.1) is 0 Å². The van der Waals surface area contributed by atoms with Crippen LogP contribution < -0.4 is 0 Å². The summed E-state index contributed by atoms with van der Waals surface area (Å²) in [6.07, 6.45) is 0. The van der Waals surface area contributed by atoms with E-state index >= 15 is 0 Å². The minimum absolute atomic E-state index is 0.0289. The van der Waals surface area contributed by atoms with Crippen LogP contribution in [0.5, 0.6) is 0 Å². The Bertz CT molecular complexity index is 566. The van der Waals surface area contributed by atoms with Crippen LogP contribution in [0.25, 0.3) is 10.8 Å². The van der Waals surface area contributed by atoms with Crippen LogP contribution in [0.15, 0.2) is 42.5 Å². The van der Waals surface area contributed by atoms with Gasteiger partial charge in [0.05, 0.1) is 0 Å². The Morgan fingerprint density at radius 3 is 2.30 bits per heavy atom. The zero-order chi connectivity index (χ0) is 15.1. The van der Waals surface area contributed by atoms with Gasteiger partial charge in [-0.3, -0.25) is 4.79 Å². The van der Waals surface area contributed by atoms with Gasteiger partial charge in [0.2, 0.25) is 0 Å². The predicted molar refractivity (Wildman–Crippen MR) is 95.9 cm³/mol. The van der Waals surface area contributed by atoms with Crippen LogP contribution in [-0.4, -0.2) is 36.3 Å². The fourth-order valence-electron chi connectivity index (χ4n) is 2.26. The number of hydrogen-bond acceptors (Lipinski definition) is 2. The fraction of sp³-hybridized carbons (Fsp3) is 0.353. The van der Waals surface area contributed by atoms with Gasteiger partial charge in [0.25, 0.3) is 0 Å². The molecule has 1 atom stereocenters. The molecule has 0 fully saturated rings. The summed E-state index contributed by atoms with van der Waals surface area (Å²) >= 11 is 2.15. The number of carbonyl (C=O) groups excluding carboxylic acids is 1. The minimum Gasteiger partial charge on any atom is -0.309 e. The van der Waals surface area contributed by atoms with Crippen LogP contribution in [0.4, 0.5) is 0 Å². The molecule has 0 aliphatic heterocycles. The highest BCUT2D eigenvalue weighted by molar-refractivity contribution is 14.1. The molecule has 0 spiro atoms. The average molecular weight is 383 g/mol. The highest BCUT2D eigenvalue weighted by Gasteiger charge is 2.15. The second-order valence-corrected chi connectivity index (χ2v) is 5.09. The van der Waals surface area contributed by atoms with Crippen molar-refractivity contribution in [1.29, 1.82) is 0 Å². The monoisotopic (exact) mass is 383 g/mol. The maximum Gasteiger partial charge on any atom is 0.166 e. The molecule has 2 nitrogen and oxygen atoms in total. The van der Waals surface area contributed by atoms with Crippen molar-refractivity contribution in [2.24, 2.45) is 5.92 Å². The number of hydrogen-bond donors (Lipinski definition) is 0. The number of fused-ring (bicyclic) bond motifs is 1. The summed E-state index contributed by atoms with van der Waals surface area (Å²) in [5.41, 5.74) is 0.808. The maximum absolute atomic E-state index is 12.3. The van der Waals surface area contributed by atoms with E-state index in [-0.39, 0.29) is 11.7 Å². The summed E-state index contributed by atoms with van der Waals surface area (Å²) < 4.78 is 0. The molecule has 0 aliphatic rings. The van der Waals surface area contributed by atoms with E-state index in [0.717, 1.165) is 17.5 Å². The first kappa shape index (κ1) is 17.1. The Hall–Kier alpha value is -0.940. The largest absolute Gasteiger partial charge is 0.309 e. The van der Waals surface area contributed by atoms with Crippen molar-refractivity contribution in [1.82, 2.24) is 4.90 Å². The molecule has 0 radical (unpaired) electrons. The van der Waals surface area contributed by atoms with Gasteiger partial charge in [0, 0.05) is 18.0 Å². The van der Waals surface area contributed by atoms with Crippen molar-refractivity contribution < 1.29 is 4.79 Å². The topological polar surface area (TPSA) is 20.3 Å². The van der Waals surface area contributed by atoms with E-state index in [1.807, 2.05) is 67.2 Å². The third-order valence-corrected chi connectivity index (χ3v) is 3.12. The molecule has 0 bridgehead atoms. The van der Waals surface area contributed by atoms with Crippen molar-refractivity contribution in [3.8, 4) is 0 Å². The molecular weight excluding hydrogens is 361 g/mol. The minimum atomic E-state index is 0.0289. The second kappa shape index (κ2) is 8.37. The van der Waals surface area contributed by atoms with Crippen molar-refractivity contribution >= 4 is 39.1 Å². The molecule has 2 rings (SSSR count). The molecule has 1 unspecified atom stereocenters. The normalized spacial score (nSPS) is 11.9. The highest BCUT2D eigenvalue weighted by atomic mass is 127. The molecule has 0 heterocycles. The fourth-order valence-corrected chi connectivity index (χ4v) is 2.26. The van der Waals surface area contributed by atoms with Crippen LogP contribution in [0.3, 0.4) is 0 Å². The smallest absolute Gasteiger partial charge is 0.166 e. The number of benzene rings is 2.